The van der Waals surface area contributed by atoms with E-state index in [2.05, 4.69) is 23.8 Å². The van der Waals surface area contributed by atoms with Crippen molar-refractivity contribution in [2.45, 2.75) is 19.0 Å². The number of benzene rings is 1. The minimum atomic E-state index is -0.209. The van der Waals surface area contributed by atoms with E-state index in [0.717, 1.165) is 31.7 Å². The van der Waals surface area contributed by atoms with Crippen LogP contribution in [-0.4, -0.2) is 49.1 Å². The maximum atomic E-state index is 12.8. The molecule has 2 unspecified atom stereocenters. The molecule has 0 saturated carbocycles. The van der Waals surface area contributed by atoms with Crippen molar-refractivity contribution in [3.8, 4) is 0 Å². The van der Waals surface area contributed by atoms with Crippen LogP contribution in [0.1, 0.15) is 18.5 Å². The zero-order valence-electron chi connectivity index (χ0n) is 11.1. The highest BCUT2D eigenvalue weighted by molar-refractivity contribution is 5.19. The number of hydrogen-bond acceptors (Lipinski definition) is 3. The summed E-state index contributed by atoms with van der Waals surface area (Å²) in [6.45, 7) is 6.25. The molecule has 1 aliphatic heterocycles. The highest BCUT2D eigenvalue weighted by Gasteiger charge is 2.22. The molecule has 0 bridgehead atoms. The molecule has 3 nitrogen and oxygen atoms in total. The molecular weight excluding hydrogens is 229 g/mol. The summed E-state index contributed by atoms with van der Waals surface area (Å²) in [4.78, 5) is 4.75. The van der Waals surface area contributed by atoms with Crippen LogP contribution < -0.4 is 5.73 Å². The zero-order chi connectivity index (χ0) is 13.1. The van der Waals surface area contributed by atoms with Crippen LogP contribution in [-0.2, 0) is 0 Å². The Morgan fingerprint density at radius 3 is 2.61 bits per heavy atom. The Morgan fingerprint density at radius 2 is 2.00 bits per heavy atom. The second-order valence-electron chi connectivity index (χ2n) is 5.25. The van der Waals surface area contributed by atoms with Gasteiger partial charge in [-0.15, -0.1) is 0 Å². The summed E-state index contributed by atoms with van der Waals surface area (Å²) in [7, 11) is 2.15. The van der Waals surface area contributed by atoms with E-state index in [-0.39, 0.29) is 11.9 Å². The topological polar surface area (TPSA) is 32.5 Å². The Balaban J connectivity index is 1.91. The van der Waals surface area contributed by atoms with Crippen molar-refractivity contribution in [2.75, 3.05) is 33.2 Å². The lowest BCUT2D eigenvalue weighted by atomic mass is 10.1. The Labute approximate surface area is 108 Å². The number of hydrogen-bond donors (Lipinski definition) is 1. The third-order valence-corrected chi connectivity index (χ3v) is 3.80. The van der Waals surface area contributed by atoms with E-state index in [9.17, 15) is 4.39 Å². The molecule has 2 rings (SSSR count). The molecule has 1 heterocycles. The van der Waals surface area contributed by atoms with E-state index in [0.29, 0.717) is 6.04 Å². The fourth-order valence-electron chi connectivity index (χ4n) is 2.38. The fourth-order valence-corrected chi connectivity index (χ4v) is 2.38. The first-order chi connectivity index (χ1) is 8.56. The summed E-state index contributed by atoms with van der Waals surface area (Å²) < 4.78 is 12.8. The second kappa shape index (κ2) is 5.78. The van der Waals surface area contributed by atoms with Crippen molar-refractivity contribution < 1.29 is 4.39 Å². The van der Waals surface area contributed by atoms with Gasteiger partial charge in [0, 0.05) is 38.3 Å². The van der Waals surface area contributed by atoms with Crippen LogP contribution >= 0.6 is 0 Å². The van der Waals surface area contributed by atoms with Gasteiger partial charge in [0.1, 0.15) is 5.82 Å². The minimum Gasteiger partial charge on any atom is -0.323 e. The van der Waals surface area contributed by atoms with E-state index >= 15 is 0 Å². The Morgan fingerprint density at radius 1 is 1.33 bits per heavy atom. The molecule has 1 aromatic rings. The third-order valence-electron chi connectivity index (χ3n) is 3.80. The first kappa shape index (κ1) is 13.5. The first-order valence-electron chi connectivity index (χ1n) is 6.50. The van der Waals surface area contributed by atoms with Crippen molar-refractivity contribution in [2.24, 2.45) is 5.73 Å². The van der Waals surface area contributed by atoms with E-state index in [1.165, 1.54) is 12.1 Å². The van der Waals surface area contributed by atoms with E-state index in [4.69, 9.17) is 5.73 Å². The average molecular weight is 251 g/mol. The maximum Gasteiger partial charge on any atom is 0.123 e. The van der Waals surface area contributed by atoms with Crippen molar-refractivity contribution >= 4 is 0 Å². The smallest absolute Gasteiger partial charge is 0.123 e. The van der Waals surface area contributed by atoms with Gasteiger partial charge in [-0.2, -0.15) is 0 Å². The minimum absolute atomic E-state index is 0.0405. The van der Waals surface area contributed by atoms with Gasteiger partial charge in [0.2, 0.25) is 0 Å². The standard InChI is InChI=1S/C14H22FN3/c1-11-9-18(8-7-17(11)2)10-14(16)12-3-5-13(15)6-4-12/h3-6,11,14H,7-10,16H2,1-2H3. The molecule has 2 atom stereocenters. The van der Waals surface area contributed by atoms with Crippen molar-refractivity contribution in [1.29, 1.82) is 0 Å². The lowest BCUT2D eigenvalue weighted by molar-refractivity contribution is 0.100. The number of piperazine rings is 1. The quantitative estimate of drug-likeness (QED) is 0.883. The van der Waals surface area contributed by atoms with Gasteiger partial charge in [0.25, 0.3) is 0 Å². The zero-order valence-corrected chi connectivity index (χ0v) is 11.1. The molecule has 1 aromatic carbocycles. The molecule has 1 saturated heterocycles. The van der Waals surface area contributed by atoms with Gasteiger partial charge in [0.15, 0.2) is 0 Å². The second-order valence-corrected chi connectivity index (χ2v) is 5.25. The van der Waals surface area contributed by atoms with Crippen molar-refractivity contribution in [3.05, 3.63) is 35.6 Å². The van der Waals surface area contributed by atoms with Crippen molar-refractivity contribution in [1.82, 2.24) is 9.80 Å². The van der Waals surface area contributed by atoms with Gasteiger partial charge in [-0.3, -0.25) is 4.90 Å². The number of halogens is 1. The van der Waals surface area contributed by atoms with Crippen LogP contribution in [0.15, 0.2) is 24.3 Å². The highest BCUT2D eigenvalue weighted by atomic mass is 19.1. The summed E-state index contributed by atoms with van der Waals surface area (Å²) in [6.07, 6.45) is 0. The number of rotatable bonds is 3. The largest absolute Gasteiger partial charge is 0.323 e. The van der Waals surface area contributed by atoms with E-state index in [1.807, 2.05) is 0 Å². The predicted octanol–water partition coefficient (Wildman–Crippen LogP) is 1.46. The summed E-state index contributed by atoms with van der Waals surface area (Å²) in [5.74, 6) is -0.209. The SMILES string of the molecule is CC1CN(CC(N)c2ccc(F)cc2)CCN1C. The monoisotopic (exact) mass is 251 g/mol. The van der Waals surface area contributed by atoms with Crippen LogP contribution in [0.25, 0.3) is 0 Å². The molecular formula is C14H22FN3. The number of nitrogens with two attached hydrogens (primary N) is 1. The van der Waals surface area contributed by atoms with Crippen LogP contribution in [0, 0.1) is 5.82 Å². The summed E-state index contributed by atoms with van der Waals surface area (Å²) >= 11 is 0. The Hall–Kier alpha value is -0.970. The fraction of sp³-hybridized carbons (Fsp3) is 0.571. The molecule has 0 radical (unpaired) electrons. The Bertz CT molecular complexity index is 379. The number of nitrogens with zero attached hydrogens (tertiary/aromatic N) is 2. The summed E-state index contributed by atoms with van der Waals surface area (Å²) in [5.41, 5.74) is 7.18. The maximum absolute atomic E-state index is 12.8. The molecule has 0 amide bonds. The first-order valence-corrected chi connectivity index (χ1v) is 6.50. The molecule has 2 N–H and O–H groups in total. The van der Waals surface area contributed by atoms with Gasteiger partial charge in [-0.05, 0) is 31.7 Å². The Kier molecular flexibility index (Phi) is 4.32. The van der Waals surface area contributed by atoms with Gasteiger partial charge < -0.3 is 10.6 Å². The van der Waals surface area contributed by atoms with Crippen LogP contribution in [0.5, 0.6) is 0 Å². The van der Waals surface area contributed by atoms with Crippen molar-refractivity contribution in [3.63, 3.8) is 0 Å². The van der Waals surface area contributed by atoms with Gasteiger partial charge in [0.05, 0.1) is 0 Å². The molecule has 1 aliphatic rings. The summed E-state index contributed by atoms with van der Waals surface area (Å²) in [5, 5.41) is 0. The van der Waals surface area contributed by atoms with Crippen LogP contribution in [0.3, 0.4) is 0 Å². The van der Waals surface area contributed by atoms with Gasteiger partial charge in [-0.25, -0.2) is 4.39 Å². The third kappa shape index (κ3) is 3.28. The van der Waals surface area contributed by atoms with E-state index < -0.39 is 0 Å². The van der Waals surface area contributed by atoms with Gasteiger partial charge in [-0.1, -0.05) is 12.1 Å². The molecule has 0 aromatic heterocycles. The highest BCUT2D eigenvalue weighted by Crippen LogP contribution is 2.15. The predicted molar refractivity (Wildman–Crippen MR) is 71.9 cm³/mol. The van der Waals surface area contributed by atoms with Crippen LogP contribution in [0.4, 0.5) is 4.39 Å². The van der Waals surface area contributed by atoms with E-state index in [1.54, 1.807) is 12.1 Å². The molecule has 18 heavy (non-hydrogen) atoms. The molecule has 100 valence electrons. The average Bonchev–Trinajstić information content (AvgIpc) is 2.34. The normalized spacial score (nSPS) is 24.1. The lowest BCUT2D eigenvalue weighted by Crippen LogP contribution is -2.51. The molecule has 0 spiro atoms. The molecule has 1 fully saturated rings. The lowest BCUT2D eigenvalue weighted by Gasteiger charge is -2.38. The van der Waals surface area contributed by atoms with Crippen LogP contribution in [0.2, 0.25) is 0 Å². The molecule has 0 aliphatic carbocycles. The number of likely N-dealkylation sites (N-methyl/N-ethyl adjacent to an activating group) is 1. The molecule has 4 heteroatoms. The van der Waals surface area contributed by atoms with Gasteiger partial charge >= 0.3 is 0 Å². The summed E-state index contributed by atoms with van der Waals surface area (Å²) in [6, 6.07) is 7.03.